The summed E-state index contributed by atoms with van der Waals surface area (Å²) < 4.78 is 5.73. The summed E-state index contributed by atoms with van der Waals surface area (Å²) in [5.41, 5.74) is 3.18. The number of nitrogens with zero attached hydrogens (tertiary/aromatic N) is 1. The van der Waals surface area contributed by atoms with E-state index in [4.69, 9.17) is 4.74 Å². The molecular formula is C24H32N2O3. The second kappa shape index (κ2) is 11.2. The zero-order valence-electron chi connectivity index (χ0n) is 17.9. The molecule has 1 N–H and O–H groups in total. The third-order valence-electron chi connectivity index (χ3n) is 4.89. The first kappa shape index (κ1) is 22.5. The van der Waals surface area contributed by atoms with Crippen molar-refractivity contribution in [3.8, 4) is 5.75 Å². The second-order valence-corrected chi connectivity index (χ2v) is 7.27. The number of rotatable bonds is 10. The Balaban J connectivity index is 2.20. The van der Waals surface area contributed by atoms with Crippen LogP contribution in [-0.4, -0.2) is 35.9 Å². The SMILES string of the molecule is CCCNC(=O)C(CC)N(Cc1ccccc1C)C(=O)COc1cccc(C)c1. The molecule has 0 bridgehead atoms. The smallest absolute Gasteiger partial charge is 0.261 e. The van der Waals surface area contributed by atoms with Crippen LogP contribution >= 0.6 is 0 Å². The Kier molecular flexibility index (Phi) is 8.71. The highest BCUT2D eigenvalue weighted by Gasteiger charge is 2.29. The fraction of sp³-hybridized carbons (Fsp3) is 0.417. The number of amides is 2. The molecule has 5 nitrogen and oxygen atoms in total. The molecule has 0 aromatic heterocycles. The number of carbonyl (C=O) groups excluding carboxylic acids is 2. The van der Waals surface area contributed by atoms with Crippen LogP contribution in [0.3, 0.4) is 0 Å². The van der Waals surface area contributed by atoms with E-state index in [0.717, 1.165) is 23.1 Å². The first-order valence-corrected chi connectivity index (χ1v) is 10.3. The fourth-order valence-electron chi connectivity index (χ4n) is 3.19. The Morgan fingerprint density at radius 3 is 2.48 bits per heavy atom. The van der Waals surface area contributed by atoms with Gasteiger partial charge in [0.25, 0.3) is 5.91 Å². The van der Waals surface area contributed by atoms with E-state index in [1.165, 1.54) is 0 Å². The lowest BCUT2D eigenvalue weighted by Gasteiger charge is -2.31. The van der Waals surface area contributed by atoms with E-state index in [9.17, 15) is 9.59 Å². The average molecular weight is 397 g/mol. The summed E-state index contributed by atoms with van der Waals surface area (Å²) in [6, 6.07) is 15.0. The molecule has 2 aromatic rings. The molecule has 0 aliphatic carbocycles. The van der Waals surface area contributed by atoms with Gasteiger partial charge in [0.1, 0.15) is 11.8 Å². The van der Waals surface area contributed by atoms with Gasteiger partial charge in [-0.3, -0.25) is 9.59 Å². The van der Waals surface area contributed by atoms with Crippen LogP contribution in [0, 0.1) is 13.8 Å². The van der Waals surface area contributed by atoms with Crippen LogP contribution in [-0.2, 0) is 16.1 Å². The predicted molar refractivity (Wildman–Crippen MR) is 116 cm³/mol. The molecule has 0 fully saturated rings. The fourth-order valence-corrected chi connectivity index (χ4v) is 3.19. The number of benzene rings is 2. The lowest BCUT2D eigenvalue weighted by atomic mass is 10.1. The van der Waals surface area contributed by atoms with Gasteiger partial charge in [-0.2, -0.15) is 0 Å². The highest BCUT2D eigenvalue weighted by atomic mass is 16.5. The molecule has 5 heteroatoms. The molecule has 0 saturated carbocycles. The molecule has 0 spiro atoms. The number of ether oxygens (including phenoxy) is 1. The Bertz CT molecular complexity index is 819. The normalized spacial score (nSPS) is 11.6. The van der Waals surface area contributed by atoms with Crippen LogP contribution in [0.4, 0.5) is 0 Å². The summed E-state index contributed by atoms with van der Waals surface area (Å²) in [5, 5.41) is 2.93. The summed E-state index contributed by atoms with van der Waals surface area (Å²) >= 11 is 0. The van der Waals surface area contributed by atoms with Gasteiger partial charge in [-0.1, -0.05) is 50.2 Å². The summed E-state index contributed by atoms with van der Waals surface area (Å²) in [4.78, 5) is 27.5. The Labute approximate surface area is 174 Å². The first-order chi connectivity index (χ1) is 14.0. The topological polar surface area (TPSA) is 58.6 Å². The molecule has 0 aliphatic heterocycles. The molecule has 0 aliphatic rings. The summed E-state index contributed by atoms with van der Waals surface area (Å²) in [7, 11) is 0. The summed E-state index contributed by atoms with van der Waals surface area (Å²) in [5.74, 6) is 0.331. The van der Waals surface area contributed by atoms with E-state index in [-0.39, 0.29) is 18.4 Å². The lowest BCUT2D eigenvalue weighted by Crippen LogP contribution is -2.50. The van der Waals surface area contributed by atoms with Crippen molar-refractivity contribution in [2.75, 3.05) is 13.2 Å². The molecule has 0 saturated heterocycles. The molecular weight excluding hydrogens is 364 g/mol. The maximum absolute atomic E-state index is 13.1. The predicted octanol–water partition coefficient (Wildman–Crippen LogP) is 4.02. The second-order valence-electron chi connectivity index (χ2n) is 7.27. The van der Waals surface area contributed by atoms with Gasteiger partial charge in [-0.05, 0) is 55.5 Å². The molecule has 0 radical (unpaired) electrons. The van der Waals surface area contributed by atoms with Crippen molar-refractivity contribution in [1.29, 1.82) is 0 Å². The highest BCUT2D eigenvalue weighted by Crippen LogP contribution is 2.17. The van der Waals surface area contributed by atoms with Crippen molar-refractivity contribution >= 4 is 11.8 Å². The minimum atomic E-state index is -0.533. The van der Waals surface area contributed by atoms with E-state index in [1.807, 2.05) is 76.2 Å². The van der Waals surface area contributed by atoms with Crippen molar-refractivity contribution in [1.82, 2.24) is 10.2 Å². The van der Waals surface area contributed by atoms with Gasteiger partial charge in [-0.15, -0.1) is 0 Å². The van der Waals surface area contributed by atoms with Gasteiger partial charge in [0.15, 0.2) is 6.61 Å². The van der Waals surface area contributed by atoms with Crippen molar-refractivity contribution in [2.45, 2.75) is 53.1 Å². The van der Waals surface area contributed by atoms with Crippen LogP contribution in [0.25, 0.3) is 0 Å². The maximum atomic E-state index is 13.1. The molecule has 1 unspecified atom stereocenters. The average Bonchev–Trinajstić information content (AvgIpc) is 2.71. The largest absolute Gasteiger partial charge is 0.484 e. The van der Waals surface area contributed by atoms with E-state index in [2.05, 4.69) is 5.32 Å². The van der Waals surface area contributed by atoms with Crippen LogP contribution in [0.2, 0.25) is 0 Å². The van der Waals surface area contributed by atoms with E-state index >= 15 is 0 Å². The molecule has 156 valence electrons. The van der Waals surface area contributed by atoms with Gasteiger partial charge >= 0.3 is 0 Å². The van der Waals surface area contributed by atoms with Gasteiger partial charge < -0.3 is 15.0 Å². The zero-order valence-corrected chi connectivity index (χ0v) is 17.9. The Morgan fingerprint density at radius 1 is 1.07 bits per heavy atom. The van der Waals surface area contributed by atoms with Crippen LogP contribution in [0.1, 0.15) is 43.4 Å². The lowest BCUT2D eigenvalue weighted by molar-refractivity contribution is -0.143. The van der Waals surface area contributed by atoms with Crippen LogP contribution in [0.15, 0.2) is 48.5 Å². The molecule has 2 aromatic carbocycles. The number of carbonyl (C=O) groups is 2. The van der Waals surface area contributed by atoms with Gasteiger partial charge in [0, 0.05) is 13.1 Å². The summed E-state index contributed by atoms with van der Waals surface area (Å²) in [6.45, 7) is 8.79. The minimum absolute atomic E-state index is 0.104. The number of nitrogens with one attached hydrogen (secondary N) is 1. The van der Waals surface area contributed by atoms with Crippen molar-refractivity contribution < 1.29 is 14.3 Å². The van der Waals surface area contributed by atoms with Gasteiger partial charge in [0.05, 0.1) is 0 Å². The van der Waals surface area contributed by atoms with E-state index in [1.54, 1.807) is 4.90 Å². The number of hydrogen-bond acceptors (Lipinski definition) is 3. The monoisotopic (exact) mass is 396 g/mol. The molecule has 0 heterocycles. The molecule has 2 rings (SSSR count). The van der Waals surface area contributed by atoms with Crippen molar-refractivity contribution in [3.63, 3.8) is 0 Å². The quantitative estimate of drug-likeness (QED) is 0.660. The van der Waals surface area contributed by atoms with E-state index < -0.39 is 6.04 Å². The van der Waals surface area contributed by atoms with E-state index in [0.29, 0.717) is 25.3 Å². The Morgan fingerprint density at radius 2 is 1.83 bits per heavy atom. The third kappa shape index (κ3) is 6.63. The molecule has 1 atom stereocenters. The van der Waals surface area contributed by atoms with Crippen molar-refractivity contribution in [3.05, 3.63) is 65.2 Å². The number of hydrogen-bond donors (Lipinski definition) is 1. The number of aryl methyl sites for hydroxylation is 2. The zero-order chi connectivity index (χ0) is 21.2. The first-order valence-electron chi connectivity index (χ1n) is 10.3. The highest BCUT2D eigenvalue weighted by molar-refractivity contribution is 5.88. The standard InChI is InChI=1S/C24H32N2O3/c1-5-14-25-24(28)22(6-2)26(16-20-12-8-7-11-19(20)4)23(27)17-29-21-13-9-10-18(3)15-21/h7-13,15,22H,5-6,14,16-17H2,1-4H3,(H,25,28). The van der Waals surface area contributed by atoms with Gasteiger partial charge in [-0.25, -0.2) is 0 Å². The molecule has 29 heavy (non-hydrogen) atoms. The minimum Gasteiger partial charge on any atom is -0.484 e. The van der Waals surface area contributed by atoms with Crippen LogP contribution in [0.5, 0.6) is 5.75 Å². The van der Waals surface area contributed by atoms with Crippen LogP contribution < -0.4 is 10.1 Å². The third-order valence-corrected chi connectivity index (χ3v) is 4.89. The summed E-state index contributed by atoms with van der Waals surface area (Å²) in [6.07, 6.45) is 1.39. The van der Waals surface area contributed by atoms with Gasteiger partial charge in [0.2, 0.25) is 5.91 Å². The molecule has 2 amide bonds. The Hall–Kier alpha value is -2.82. The maximum Gasteiger partial charge on any atom is 0.261 e. The van der Waals surface area contributed by atoms with Crippen molar-refractivity contribution in [2.24, 2.45) is 0 Å².